The van der Waals surface area contributed by atoms with E-state index in [1.807, 2.05) is 12.1 Å². The van der Waals surface area contributed by atoms with Crippen molar-refractivity contribution in [2.45, 2.75) is 64.8 Å². The Morgan fingerprint density at radius 1 is 0.824 bits per heavy atom. The van der Waals surface area contributed by atoms with Gasteiger partial charge in [-0.1, -0.05) is 82.3 Å². The van der Waals surface area contributed by atoms with Crippen LogP contribution in [0.2, 0.25) is 0 Å². The number of rotatable bonds is 17. The van der Waals surface area contributed by atoms with Crippen LogP contribution in [-0.4, -0.2) is 39.1 Å². The summed E-state index contributed by atoms with van der Waals surface area (Å²) in [6.07, 6.45) is 6.88. The molecule has 0 aliphatic carbocycles. The largest absolute Gasteiger partial charge is 0.381 e. The van der Waals surface area contributed by atoms with E-state index >= 15 is 0 Å². The molecule has 0 N–H and O–H groups in total. The van der Waals surface area contributed by atoms with Crippen molar-refractivity contribution in [2.75, 3.05) is 33.0 Å². The van der Waals surface area contributed by atoms with Gasteiger partial charge in [-0.05, 0) is 54.7 Å². The quantitative estimate of drug-likeness (QED) is 0.175. The van der Waals surface area contributed by atoms with Crippen LogP contribution in [0.15, 0.2) is 57.5 Å². The minimum atomic E-state index is 0.0957. The number of unbranched alkanes of at least 4 members (excludes halogenated alkanes) is 3. The molecule has 1 atom stereocenters. The van der Waals surface area contributed by atoms with Crippen molar-refractivity contribution in [2.24, 2.45) is 5.41 Å². The summed E-state index contributed by atoms with van der Waals surface area (Å²) in [5, 5.41) is 0. The first kappa shape index (κ1) is 27.8. The summed E-state index contributed by atoms with van der Waals surface area (Å²) in [4.78, 5) is 0. The van der Waals surface area contributed by atoms with Crippen molar-refractivity contribution in [3.8, 4) is 0 Å². The molecule has 0 radical (unpaired) electrons. The molecule has 1 heterocycles. The maximum absolute atomic E-state index is 6.25. The van der Waals surface area contributed by atoms with Gasteiger partial charge in [0.25, 0.3) is 0 Å². The third-order valence-corrected chi connectivity index (χ3v) is 7.48. The fourth-order valence-corrected chi connectivity index (χ4v) is 4.43. The molecule has 1 unspecified atom stereocenters. The zero-order chi connectivity index (χ0) is 24.1. The summed E-state index contributed by atoms with van der Waals surface area (Å²) >= 11 is 6.97. The highest BCUT2D eigenvalue weighted by Crippen LogP contribution is 2.31. The van der Waals surface area contributed by atoms with Crippen LogP contribution in [0, 0.1) is 5.41 Å². The number of halogens is 2. The third-order valence-electron chi connectivity index (χ3n) is 6.42. The molecule has 2 aromatic rings. The number of hydrogen-bond acceptors (Lipinski definition) is 4. The van der Waals surface area contributed by atoms with Crippen molar-refractivity contribution in [1.82, 2.24) is 0 Å². The van der Waals surface area contributed by atoms with Crippen LogP contribution >= 0.6 is 31.9 Å². The summed E-state index contributed by atoms with van der Waals surface area (Å²) in [6.45, 7) is 7.45. The van der Waals surface area contributed by atoms with Gasteiger partial charge in [-0.2, -0.15) is 0 Å². The van der Waals surface area contributed by atoms with Crippen LogP contribution in [0.3, 0.4) is 0 Å². The monoisotopic (exact) mass is 596 g/mol. The van der Waals surface area contributed by atoms with E-state index in [0.29, 0.717) is 19.8 Å². The van der Waals surface area contributed by atoms with Crippen LogP contribution < -0.4 is 0 Å². The average molecular weight is 598 g/mol. The Morgan fingerprint density at radius 2 is 1.44 bits per heavy atom. The van der Waals surface area contributed by atoms with Gasteiger partial charge in [0.15, 0.2) is 0 Å². The van der Waals surface area contributed by atoms with E-state index in [4.69, 9.17) is 18.9 Å². The fraction of sp³-hybridized carbons (Fsp3) is 0.571. The zero-order valence-electron chi connectivity index (χ0n) is 20.3. The van der Waals surface area contributed by atoms with E-state index in [2.05, 4.69) is 75.2 Å². The molecule has 1 fully saturated rings. The lowest BCUT2D eigenvalue weighted by Crippen LogP contribution is -2.45. The molecular formula is C28H38Br2O4. The Morgan fingerprint density at radius 3 is 2.03 bits per heavy atom. The van der Waals surface area contributed by atoms with Crippen molar-refractivity contribution in [1.29, 1.82) is 0 Å². The van der Waals surface area contributed by atoms with Crippen molar-refractivity contribution >= 4 is 31.9 Å². The Bertz CT molecular complexity index is 801. The molecule has 0 spiro atoms. The van der Waals surface area contributed by atoms with E-state index in [1.165, 1.54) is 24.0 Å². The molecule has 0 saturated carbocycles. The Hall–Kier alpha value is -0.760. The summed E-state index contributed by atoms with van der Waals surface area (Å²) in [5.41, 5.74) is 2.64. The van der Waals surface area contributed by atoms with Gasteiger partial charge in [0.2, 0.25) is 0 Å². The predicted octanol–water partition coefficient (Wildman–Crippen LogP) is 7.71. The van der Waals surface area contributed by atoms with Crippen LogP contribution in [0.25, 0.3) is 0 Å². The summed E-state index contributed by atoms with van der Waals surface area (Å²) in [5.74, 6) is 0. The van der Waals surface area contributed by atoms with E-state index in [0.717, 1.165) is 61.1 Å². The van der Waals surface area contributed by atoms with Crippen molar-refractivity contribution in [3.63, 3.8) is 0 Å². The third kappa shape index (κ3) is 10.1. The maximum Gasteiger partial charge on any atom is 0.0813 e. The van der Waals surface area contributed by atoms with Gasteiger partial charge < -0.3 is 18.9 Å². The smallest absolute Gasteiger partial charge is 0.0813 e. The van der Waals surface area contributed by atoms with E-state index in [1.54, 1.807) is 0 Å². The normalized spacial score (nSPS) is 15.7. The van der Waals surface area contributed by atoms with Crippen LogP contribution in [-0.2, 0) is 32.2 Å². The van der Waals surface area contributed by atoms with Crippen molar-refractivity contribution < 1.29 is 18.9 Å². The highest BCUT2D eigenvalue weighted by molar-refractivity contribution is 9.10. The number of benzene rings is 2. The molecule has 3 rings (SSSR count). The fourth-order valence-electron chi connectivity index (χ4n) is 3.90. The van der Waals surface area contributed by atoms with Gasteiger partial charge in [-0.25, -0.2) is 0 Å². The molecule has 4 nitrogen and oxygen atoms in total. The first-order valence-corrected chi connectivity index (χ1v) is 14.0. The van der Waals surface area contributed by atoms with E-state index in [-0.39, 0.29) is 11.5 Å². The molecule has 0 aromatic heterocycles. The molecule has 1 aliphatic rings. The van der Waals surface area contributed by atoms with Crippen molar-refractivity contribution in [3.05, 3.63) is 68.6 Å². The summed E-state index contributed by atoms with van der Waals surface area (Å²) in [6, 6.07) is 16.6. The molecule has 34 heavy (non-hydrogen) atoms. The van der Waals surface area contributed by atoms with Gasteiger partial charge >= 0.3 is 0 Å². The second-order valence-corrected chi connectivity index (χ2v) is 11.1. The molecule has 188 valence electrons. The molecule has 2 aromatic carbocycles. The van der Waals surface area contributed by atoms with Crippen LogP contribution in [0.4, 0.5) is 0 Å². The predicted molar refractivity (Wildman–Crippen MR) is 144 cm³/mol. The molecule has 1 saturated heterocycles. The highest BCUT2D eigenvalue weighted by Gasteiger charge is 2.36. The first-order chi connectivity index (χ1) is 16.6. The van der Waals surface area contributed by atoms with Gasteiger partial charge in [-0.3, -0.25) is 0 Å². The van der Waals surface area contributed by atoms with Gasteiger partial charge in [0.05, 0.1) is 45.7 Å². The standard InChI is InChI=1S/C28H38Br2O4/c1-2-28(21-33-22-28)20-31-16-6-4-3-5-7-27(34-18-24-10-14-26(30)15-11-24)19-32-17-23-8-12-25(29)13-9-23/h8-15,27H,2-7,16-22H2,1H3. The lowest BCUT2D eigenvalue weighted by molar-refractivity contribution is -0.150. The van der Waals surface area contributed by atoms with E-state index in [9.17, 15) is 0 Å². The van der Waals surface area contributed by atoms with Gasteiger partial charge in [-0.15, -0.1) is 0 Å². The lowest BCUT2D eigenvalue weighted by atomic mass is 9.84. The molecule has 0 amide bonds. The summed E-state index contributed by atoms with van der Waals surface area (Å²) in [7, 11) is 0. The maximum atomic E-state index is 6.25. The molecular weight excluding hydrogens is 560 g/mol. The SMILES string of the molecule is CCC1(COCCCCCCC(COCc2ccc(Br)cc2)OCc2ccc(Br)cc2)COC1. The van der Waals surface area contributed by atoms with Gasteiger partial charge in [0.1, 0.15) is 0 Å². The Kier molecular flexibility index (Phi) is 12.6. The number of ether oxygens (including phenoxy) is 4. The Balaban J connectivity index is 1.33. The number of hydrogen-bond donors (Lipinski definition) is 0. The van der Waals surface area contributed by atoms with E-state index < -0.39 is 0 Å². The molecule has 1 aliphatic heterocycles. The average Bonchev–Trinajstić information content (AvgIpc) is 2.82. The summed E-state index contributed by atoms with van der Waals surface area (Å²) < 4.78 is 25.7. The molecule has 6 heteroatoms. The first-order valence-electron chi connectivity index (χ1n) is 12.4. The second kappa shape index (κ2) is 15.4. The second-order valence-electron chi connectivity index (χ2n) is 9.30. The van der Waals surface area contributed by atoms with Crippen LogP contribution in [0.5, 0.6) is 0 Å². The van der Waals surface area contributed by atoms with Gasteiger partial charge in [0, 0.05) is 21.0 Å². The van der Waals surface area contributed by atoms with Crippen LogP contribution in [0.1, 0.15) is 56.6 Å². The zero-order valence-corrected chi connectivity index (χ0v) is 23.4. The highest BCUT2D eigenvalue weighted by atomic mass is 79.9. The minimum Gasteiger partial charge on any atom is -0.381 e. The lowest BCUT2D eigenvalue weighted by Gasteiger charge is -2.40. The Labute approximate surface area is 222 Å². The molecule has 0 bridgehead atoms. The minimum absolute atomic E-state index is 0.0957. The topological polar surface area (TPSA) is 36.9 Å².